The Morgan fingerprint density at radius 1 is 0.935 bits per heavy atom. The monoisotopic (exact) mass is 480 g/mol. The van der Waals surface area contributed by atoms with Gasteiger partial charge in [-0.3, -0.25) is 13.8 Å². The summed E-state index contributed by atoms with van der Waals surface area (Å²) in [5.41, 5.74) is 0. The molecule has 3 aromatic rings. The van der Waals surface area contributed by atoms with Gasteiger partial charge < -0.3 is 5.11 Å². The first-order valence-corrected chi connectivity index (χ1v) is 11.0. The largest absolute Gasteiger partial charge is 0.541 e. The van der Waals surface area contributed by atoms with Gasteiger partial charge in [-0.15, -0.1) is 0 Å². The number of rotatable bonds is 7. The van der Waals surface area contributed by atoms with Crippen LogP contribution in [-0.4, -0.2) is 17.1 Å². The Hall–Kier alpha value is -2.68. The van der Waals surface area contributed by atoms with Gasteiger partial charge in [-0.05, 0) is 18.4 Å². The SMILES string of the molecule is C[C@H](N[P+](Cl)(Oc1c(F)c(F)c(F)c(F)c1F)Oc1cccc2ccccc12)C(=O)O. The summed E-state index contributed by atoms with van der Waals surface area (Å²) < 4.78 is 79.3. The minimum Gasteiger partial charge on any atom is -0.480 e. The topological polar surface area (TPSA) is 67.8 Å². The van der Waals surface area contributed by atoms with E-state index < -0.39 is 54.1 Å². The molecule has 3 aromatic carbocycles. The predicted molar refractivity (Wildman–Crippen MR) is 104 cm³/mol. The molecule has 0 amide bonds. The molecule has 164 valence electrons. The molecule has 0 fully saturated rings. The van der Waals surface area contributed by atoms with E-state index in [1.807, 2.05) is 0 Å². The molecule has 31 heavy (non-hydrogen) atoms. The summed E-state index contributed by atoms with van der Waals surface area (Å²) in [4.78, 5) is 11.2. The number of hydrogen-bond acceptors (Lipinski definition) is 4. The third-order valence-corrected chi connectivity index (χ3v) is 6.31. The van der Waals surface area contributed by atoms with E-state index in [0.29, 0.717) is 10.8 Å². The Balaban J connectivity index is 2.09. The van der Waals surface area contributed by atoms with Crippen molar-refractivity contribution in [3.63, 3.8) is 0 Å². The smallest absolute Gasteiger partial charge is 0.480 e. The highest BCUT2D eigenvalue weighted by Gasteiger charge is 2.50. The Labute approximate surface area is 177 Å². The molecule has 2 N–H and O–H groups in total. The molecular formula is C19H13ClF5NO4P+. The average molecular weight is 481 g/mol. The van der Waals surface area contributed by atoms with E-state index in [1.54, 1.807) is 36.4 Å². The highest BCUT2D eigenvalue weighted by Crippen LogP contribution is 2.62. The van der Waals surface area contributed by atoms with Gasteiger partial charge in [0.2, 0.25) is 29.1 Å². The van der Waals surface area contributed by atoms with E-state index in [9.17, 15) is 26.7 Å². The quantitative estimate of drug-likeness (QED) is 0.189. The lowest BCUT2D eigenvalue weighted by Crippen LogP contribution is -2.35. The van der Waals surface area contributed by atoms with E-state index in [0.717, 1.165) is 6.92 Å². The highest BCUT2D eigenvalue weighted by atomic mass is 35.7. The van der Waals surface area contributed by atoms with Crippen molar-refractivity contribution < 1.29 is 40.9 Å². The fraction of sp³-hybridized carbons (Fsp3) is 0.105. The lowest BCUT2D eigenvalue weighted by Gasteiger charge is -2.20. The number of benzene rings is 3. The molecule has 12 heteroatoms. The zero-order valence-corrected chi connectivity index (χ0v) is 17.2. The van der Waals surface area contributed by atoms with Crippen LogP contribution in [0.1, 0.15) is 6.92 Å². The summed E-state index contributed by atoms with van der Waals surface area (Å²) in [6, 6.07) is 9.93. The van der Waals surface area contributed by atoms with Crippen LogP contribution in [0.25, 0.3) is 10.8 Å². The molecule has 2 atom stereocenters. The van der Waals surface area contributed by atoms with Gasteiger partial charge in [-0.25, -0.2) is 13.2 Å². The Bertz CT molecular complexity index is 1130. The Morgan fingerprint density at radius 3 is 2.10 bits per heavy atom. The van der Waals surface area contributed by atoms with Crippen molar-refractivity contribution in [3.8, 4) is 11.5 Å². The van der Waals surface area contributed by atoms with Crippen molar-refractivity contribution in [1.29, 1.82) is 0 Å². The van der Waals surface area contributed by atoms with E-state index in [-0.39, 0.29) is 5.75 Å². The number of fused-ring (bicyclic) bond motifs is 1. The maximum absolute atomic E-state index is 14.1. The summed E-state index contributed by atoms with van der Waals surface area (Å²) in [7, 11) is -4.33. The van der Waals surface area contributed by atoms with Crippen LogP contribution in [0.3, 0.4) is 0 Å². The number of carboxylic acid groups (broad SMARTS) is 1. The number of aliphatic carboxylic acids is 1. The standard InChI is InChI=1S/C19H12ClF5NO4P/c1-9(19(27)28)26-31(20,29-12-8-4-6-10-5-2-3-7-11(10)12)30-18-16(24)14(22)13(21)15(23)17(18)25/h2-9,26H,1H3/p+1/t9-,31?/m0/s1. The van der Waals surface area contributed by atoms with E-state index in [4.69, 9.17) is 25.4 Å². The molecule has 0 heterocycles. The Kier molecular flexibility index (Phi) is 6.54. The summed E-state index contributed by atoms with van der Waals surface area (Å²) in [6.07, 6.45) is 0. The van der Waals surface area contributed by atoms with Crippen LogP contribution in [0, 0.1) is 29.1 Å². The zero-order valence-electron chi connectivity index (χ0n) is 15.5. The molecule has 0 bridgehead atoms. The van der Waals surface area contributed by atoms with Gasteiger partial charge >= 0.3 is 13.2 Å². The zero-order chi connectivity index (χ0) is 22.9. The molecule has 0 aliphatic carbocycles. The molecule has 5 nitrogen and oxygen atoms in total. The van der Waals surface area contributed by atoms with Crippen LogP contribution in [-0.2, 0) is 4.79 Å². The van der Waals surface area contributed by atoms with Gasteiger partial charge in [-0.2, -0.15) is 8.78 Å². The number of halogens is 6. The van der Waals surface area contributed by atoms with Gasteiger partial charge in [0.05, 0.1) is 0 Å². The molecule has 0 radical (unpaired) electrons. The second-order valence-corrected chi connectivity index (χ2v) is 9.15. The van der Waals surface area contributed by atoms with Crippen molar-refractivity contribution in [2.45, 2.75) is 13.0 Å². The first-order valence-electron chi connectivity index (χ1n) is 8.51. The highest BCUT2D eigenvalue weighted by molar-refractivity contribution is 7.90. The average Bonchev–Trinajstić information content (AvgIpc) is 2.74. The first kappa shape index (κ1) is 23.0. The fourth-order valence-electron chi connectivity index (χ4n) is 2.54. The van der Waals surface area contributed by atoms with Gasteiger partial charge in [0, 0.05) is 5.39 Å². The van der Waals surface area contributed by atoms with E-state index >= 15 is 0 Å². The maximum Gasteiger partial charge on any atom is 0.541 e. The van der Waals surface area contributed by atoms with Gasteiger partial charge in [0.15, 0.2) is 17.0 Å². The molecule has 0 aliphatic rings. The lowest BCUT2D eigenvalue weighted by molar-refractivity contribution is -0.138. The number of carboxylic acids is 1. The third-order valence-electron chi connectivity index (χ3n) is 4.06. The van der Waals surface area contributed by atoms with Crippen molar-refractivity contribution in [2.24, 2.45) is 0 Å². The van der Waals surface area contributed by atoms with Crippen molar-refractivity contribution >= 4 is 35.2 Å². The third kappa shape index (κ3) is 4.66. The molecular weight excluding hydrogens is 468 g/mol. The summed E-state index contributed by atoms with van der Waals surface area (Å²) in [5, 5.41) is 12.5. The van der Waals surface area contributed by atoms with Crippen LogP contribution in [0.2, 0.25) is 0 Å². The van der Waals surface area contributed by atoms with E-state index in [2.05, 4.69) is 5.09 Å². The Morgan fingerprint density at radius 2 is 1.48 bits per heavy atom. The van der Waals surface area contributed by atoms with Crippen molar-refractivity contribution in [3.05, 3.63) is 71.6 Å². The van der Waals surface area contributed by atoms with Crippen LogP contribution in [0.15, 0.2) is 42.5 Å². The molecule has 0 spiro atoms. The van der Waals surface area contributed by atoms with Gasteiger partial charge in [-0.1, -0.05) is 41.5 Å². The molecule has 0 saturated carbocycles. The van der Waals surface area contributed by atoms with Gasteiger partial charge in [0.1, 0.15) is 6.04 Å². The fourth-order valence-corrected chi connectivity index (χ4v) is 4.93. The molecule has 0 aromatic heterocycles. The summed E-state index contributed by atoms with van der Waals surface area (Å²) >= 11 is 6.26. The van der Waals surface area contributed by atoms with Crippen LogP contribution < -0.4 is 14.1 Å². The molecule has 3 rings (SSSR count). The number of nitrogens with one attached hydrogen (secondary N) is 1. The van der Waals surface area contributed by atoms with Crippen LogP contribution in [0.5, 0.6) is 11.5 Å². The molecule has 0 aliphatic heterocycles. The van der Waals surface area contributed by atoms with Crippen LogP contribution in [0.4, 0.5) is 22.0 Å². The summed E-state index contributed by atoms with van der Waals surface area (Å²) in [5.74, 6) is -14.6. The lowest BCUT2D eigenvalue weighted by atomic mass is 10.1. The minimum atomic E-state index is -4.33. The maximum atomic E-state index is 14.1. The summed E-state index contributed by atoms with van der Waals surface area (Å²) in [6.45, 7) is 1.12. The first-order chi connectivity index (χ1) is 14.5. The number of hydrogen-bond donors (Lipinski definition) is 2. The van der Waals surface area contributed by atoms with Crippen molar-refractivity contribution in [2.75, 3.05) is 0 Å². The minimum absolute atomic E-state index is 0.0235. The van der Waals surface area contributed by atoms with Crippen molar-refractivity contribution in [1.82, 2.24) is 5.09 Å². The molecule has 1 unspecified atom stereocenters. The second kappa shape index (κ2) is 8.82. The van der Waals surface area contributed by atoms with Gasteiger partial charge in [0.25, 0.3) is 5.75 Å². The predicted octanol–water partition coefficient (Wildman–Crippen LogP) is 5.97. The van der Waals surface area contributed by atoms with Crippen LogP contribution >= 0.6 is 18.5 Å². The second-order valence-electron chi connectivity index (χ2n) is 6.23. The molecule has 0 saturated heterocycles. The normalized spacial score (nSPS) is 14.2. The number of carbonyl (C=O) groups is 1. The van der Waals surface area contributed by atoms with E-state index in [1.165, 1.54) is 6.07 Å².